The molecule has 1 fully saturated rings. The molecule has 4 amide bonds. The number of ether oxygens (including phenoxy) is 2. The van der Waals surface area contributed by atoms with Crippen LogP contribution in [0.25, 0.3) is 0 Å². The third-order valence-electron chi connectivity index (χ3n) is 4.32. The summed E-state index contributed by atoms with van der Waals surface area (Å²) >= 11 is 0. The Kier molecular flexibility index (Phi) is 7.72. The zero-order valence-electron chi connectivity index (χ0n) is 15.6. The predicted octanol–water partition coefficient (Wildman–Crippen LogP) is 1.10. The Bertz CT molecular complexity index is 674. The molecule has 2 rings (SSSR count). The van der Waals surface area contributed by atoms with Crippen molar-refractivity contribution in [1.82, 2.24) is 21.5 Å². The minimum Gasteiger partial charge on any atom is -0.497 e. The maximum Gasteiger partial charge on any atom is 0.333 e. The monoisotopic (exact) mass is 378 g/mol. The van der Waals surface area contributed by atoms with Gasteiger partial charge in [0, 0.05) is 12.1 Å². The second-order valence-corrected chi connectivity index (χ2v) is 6.23. The second kappa shape index (κ2) is 10.2. The number of hydrogen-bond donors (Lipinski definition) is 4. The lowest BCUT2D eigenvalue weighted by Crippen LogP contribution is -2.52. The van der Waals surface area contributed by atoms with Crippen LogP contribution in [-0.2, 0) is 4.79 Å². The minimum absolute atomic E-state index is 0.137. The van der Waals surface area contributed by atoms with Gasteiger partial charge in [-0.15, -0.1) is 0 Å². The van der Waals surface area contributed by atoms with E-state index in [1.54, 1.807) is 18.2 Å². The molecular formula is C18H26N4O5. The smallest absolute Gasteiger partial charge is 0.333 e. The van der Waals surface area contributed by atoms with Crippen LogP contribution in [0.15, 0.2) is 18.2 Å². The molecule has 9 heteroatoms. The zero-order valence-corrected chi connectivity index (χ0v) is 15.6. The maximum atomic E-state index is 12.2. The molecular weight excluding hydrogens is 352 g/mol. The van der Waals surface area contributed by atoms with E-state index in [2.05, 4.69) is 21.5 Å². The first-order valence-corrected chi connectivity index (χ1v) is 8.89. The first-order chi connectivity index (χ1) is 13.0. The fourth-order valence-corrected chi connectivity index (χ4v) is 2.88. The number of rotatable bonds is 6. The Morgan fingerprint density at radius 1 is 1.04 bits per heavy atom. The first-order valence-electron chi connectivity index (χ1n) is 8.89. The summed E-state index contributed by atoms with van der Waals surface area (Å²) in [5, 5.41) is 5.28. The number of hydrazine groups is 1. The van der Waals surface area contributed by atoms with Crippen LogP contribution in [0.4, 0.5) is 4.79 Å². The summed E-state index contributed by atoms with van der Waals surface area (Å²) in [6, 6.07) is 4.41. The van der Waals surface area contributed by atoms with Crippen molar-refractivity contribution in [2.24, 2.45) is 0 Å². The van der Waals surface area contributed by atoms with E-state index in [4.69, 9.17) is 9.47 Å². The van der Waals surface area contributed by atoms with Crippen LogP contribution < -0.4 is 31.0 Å². The number of nitrogens with one attached hydrogen (secondary N) is 4. The molecule has 9 nitrogen and oxygen atoms in total. The van der Waals surface area contributed by atoms with E-state index in [-0.39, 0.29) is 18.2 Å². The lowest BCUT2D eigenvalue weighted by molar-refractivity contribution is -0.120. The van der Waals surface area contributed by atoms with Gasteiger partial charge in [0.05, 0.1) is 26.3 Å². The predicted molar refractivity (Wildman–Crippen MR) is 98.6 cm³/mol. The number of hydrogen-bond acceptors (Lipinski definition) is 5. The third kappa shape index (κ3) is 6.36. The normalized spacial score (nSPS) is 14.0. The van der Waals surface area contributed by atoms with Gasteiger partial charge in [-0.2, -0.15) is 0 Å². The summed E-state index contributed by atoms with van der Waals surface area (Å²) in [5.74, 6) is -0.141. The number of carbonyl (C=O) groups is 3. The van der Waals surface area contributed by atoms with Crippen LogP contribution in [0.3, 0.4) is 0 Å². The van der Waals surface area contributed by atoms with E-state index in [0.717, 1.165) is 25.7 Å². The summed E-state index contributed by atoms with van der Waals surface area (Å²) in [5.41, 5.74) is 4.82. The van der Waals surface area contributed by atoms with Crippen molar-refractivity contribution >= 4 is 17.8 Å². The molecule has 0 aromatic heterocycles. The third-order valence-corrected chi connectivity index (χ3v) is 4.32. The fraction of sp³-hybridized carbons (Fsp3) is 0.500. The van der Waals surface area contributed by atoms with Crippen molar-refractivity contribution in [2.75, 3.05) is 20.8 Å². The van der Waals surface area contributed by atoms with Gasteiger partial charge in [0.25, 0.3) is 11.8 Å². The van der Waals surface area contributed by atoms with E-state index in [1.165, 1.54) is 20.6 Å². The minimum atomic E-state index is -0.547. The molecule has 1 aliphatic carbocycles. The molecule has 1 aliphatic rings. The number of benzene rings is 1. The van der Waals surface area contributed by atoms with Crippen LogP contribution in [0.5, 0.6) is 11.5 Å². The van der Waals surface area contributed by atoms with Crippen molar-refractivity contribution in [3.05, 3.63) is 23.8 Å². The van der Waals surface area contributed by atoms with Gasteiger partial charge in [-0.25, -0.2) is 10.2 Å². The molecule has 0 heterocycles. The Morgan fingerprint density at radius 3 is 2.44 bits per heavy atom. The van der Waals surface area contributed by atoms with Gasteiger partial charge in [-0.3, -0.25) is 15.0 Å². The molecule has 0 spiro atoms. The number of urea groups is 1. The summed E-state index contributed by atoms with van der Waals surface area (Å²) < 4.78 is 10.2. The maximum absolute atomic E-state index is 12.2. The standard InChI is InChI=1S/C18H26N4O5/c1-26-13-8-9-14(15(10-13)27-2)17(24)19-11-16(23)21-22-18(25)20-12-6-4-3-5-7-12/h8-10,12H,3-7,11H2,1-2H3,(H,19,24)(H,21,23)(H2,20,22,25). The van der Waals surface area contributed by atoms with E-state index in [0.29, 0.717) is 11.5 Å². The number of amides is 4. The quantitative estimate of drug-likeness (QED) is 0.553. The van der Waals surface area contributed by atoms with Gasteiger partial charge >= 0.3 is 6.03 Å². The average Bonchev–Trinajstić information content (AvgIpc) is 2.70. The highest BCUT2D eigenvalue weighted by molar-refractivity contribution is 5.99. The van der Waals surface area contributed by atoms with Crippen LogP contribution in [-0.4, -0.2) is 44.7 Å². The lowest BCUT2D eigenvalue weighted by atomic mass is 9.96. The van der Waals surface area contributed by atoms with Crippen molar-refractivity contribution in [3.63, 3.8) is 0 Å². The Morgan fingerprint density at radius 2 is 1.78 bits per heavy atom. The fourth-order valence-electron chi connectivity index (χ4n) is 2.88. The highest BCUT2D eigenvalue weighted by Gasteiger charge is 2.17. The van der Waals surface area contributed by atoms with Gasteiger partial charge < -0.3 is 20.1 Å². The molecule has 0 aliphatic heterocycles. The van der Waals surface area contributed by atoms with Crippen LogP contribution in [0.2, 0.25) is 0 Å². The van der Waals surface area contributed by atoms with Gasteiger partial charge in [0.15, 0.2) is 0 Å². The molecule has 0 saturated heterocycles. The van der Waals surface area contributed by atoms with Gasteiger partial charge in [-0.1, -0.05) is 19.3 Å². The van der Waals surface area contributed by atoms with Gasteiger partial charge in [0.2, 0.25) is 0 Å². The largest absolute Gasteiger partial charge is 0.497 e. The summed E-state index contributed by atoms with van der Waals surface area (Å²) in [6.07, 6.45) is 5.27. The molecule has 1 aromatic carbocycles. The first kappa shape index (κ1) is 20.3. The van der Waals surface area contributed by atoms with Crippen LogP contribution in [0.1, 0.15) is 42.5 Å². The number of carbonyl (C=O) groups excluding carboxylic acids is 3. The molecule has 0 unspecified atom stereocenters. The highest BCUT2D eigenvalue weighted by atomic mass is 16.5. The zero-order chi connectivity index (χ0) is 19.6. The molecule has 27 heavy (non-hydrogen) atoms. The molecule has 1 saturated carbocycles. The van der Waals surface area contributed by atoms with Gasteiger partial charge in [-0.05, 0) is 25.0 Å². The molecule has 0 bridgehead atoms. The van der Waals surface area contributed by atoms with E-state index < -0.39 is 17.8 Å². The van der Waals surface area contributed by atoms with Gasteiger partial charge in [0.1, 0.15) is 11.5 Å². The summed E-state index contributed by atoms with van der Waals surface area (Å²) in [6.45, 7) is -0.294. The number of methoxy groups -OCH3 is 2. The summed E-state index contributed by atoms with van der Waals surface area (Å²) in [7, 11) is 2.95. The van der Waals surface area contributed by atoms with E-state index in [9.17, 15) is 14.4 Å². The molecule has 148 valence electrons. The summed E-state index contributed by atoms with van der Waals surface area (Å²) in [4.78, 5) is 35.8. The Labute approximate surface area is 158 Å². The molecule has 4 N–H and O–H groups in total. The second-order valence-electron chi connectivity index (χ2n) is 6.23. The van der Waals surface area contributed by atoms with E-state index >= 15 is 0 Å². The van der Waals surface area contributed by atoms with Crippen molar-refractivity contribution in [2.45, 2.75) is 38.1 Å². The van der Waals surface area contributed by atoms with Crippen LogP contribution >= 0.6 is 0 Å². The Hall–Kier alpha value is -2.97. The van der Waals surface area contributed by atoms with Crippen LogP contribution in [0, 0.1) is 0 Å². The van der Waals surface area contributed by atoms with Crippen molar-refractivity contribution < 1.29 is 23.9 Å². The highest BCUT2D eigenvalue weighted by Crippen LogP contribution is 2.24. The molecule has 0 atom stereocenters. The SMILES string of the molecule is COc1ccc(C(=O)NCC(=O)NNC(=O)NC2CCCCC2)c(OC)c1. The van der Waals surface area contributed by atoms with Crippen molar-refractivity contribution in [3.8, 4) is 11.5 Å². The average molecular weight is 378 g/mol. The van der Waals surface area contributed by atoms with Crippen molar-refractivity contribution in [1.29, 1.82) is 0 Å². The topological polar surface area (TPSA) is 118 Å². The molecule has 1 aromatic rings. The Balaban J connectivity index is 1.74. The van der Waals surface area contributed by atoms with E-state index in [1.807, 2.05) is 0 Å². The lowest BCUT2D eigenvalue weighted by Gasteiger charge is -2.22. The molecule has 0 radical (unpaired) electrons.